The number of ether oxygens (including phenoxy) is 4. The first-order valence-electron chi connectivity index (χ1n) is 7.16. The lowest BCUT2D eigenvalue weighted by molar-refractivity contribution is 0.104. The largest absolute Gasteiger partial charge is 0.493 e. The van der Waals surface area contributed by atoms with Crippen LogP contribution in [-0.2, 0) is 0 Å². The van der Waals surface area contributed by atoms with Crippen molar-refractivity contribution in [2.24, 2.45) is 0 Å². The maximum atomic E-state index is 12.4. The molecule has 124 valence electrons. The van der Waals surface area contributed by atoms with Crippen LogP contribution in [0, 0.1) is 0 Å². The second kappa shape index (κ2) is 6.97. The van der Waals surface area contributed by atoms with Crippen molar-refractivity contribution in [2.45, 2.75) is 0 Å². The predicted octanol–water partition coefficient (Wildman–Crippen LogP) is 4.09. The van der Waals surface area contributed by atoms with E-state index in [-0.39, 0.29) is 12.6 Å². The minimum absolute atomic E-state index is 0.138. The average molecular weight is 391 g/mol. The van der Waals surface area contributed by atoms with Gasteiger partial charge in [-0.25, -0.2) is 0 Å². The highest BCUT2D eigenvalue weighted by molar-refractivity contribution is 9.10. The van der Waals surface area contributed by atoms with Crippen LogP contribution in [-0.4, -0.2) is 26.8 Å². The third-order valence-corrected chi connectivity index (χ3v) is 4.26. The summed E-state index contributed by atoms with van der Waals surface area (Å²) in [5.41, 5.74) is 1.34. The number of rotatable bonds is 5. The van der Waals surface area contributed by atoms with Crippen molar-refractivity contribution >= 4 is 27.8 Å². The molecule has 0 spiro atoms. The van der Waals surface area contributed by atoms with Crippen molar-refractivity contribution in [3.05, 3.63) is 52.0 Å². The van der Waals surface area contributed by atoms with Crippen LogP contribution in [0.1, 0.15) is 15.9 Å². The van der Waals surface area contributed by atoms with Crippen molar-refractivity contribution in [3.8, 4) is 23.0 Å². The van der Waals surface area contributed by atoms with Crippen LogP contribution in [0.15, 0.2) is 40.9 Å². The number of ketones is 1. The van der Waals surface area contributed by atoms with Gasteiger partial charge in [0.15, 0.2) is 28.8 Å². The summed E-state index contributed by atoms with van der Waals surface area (Å²) >= 11 is 3.46. The Labute approximate surface area is 147 Å². The molecule has 1 aliphatic rings. The highest BCUT2D eigenvalue weighted by Crippen LogP contribution is 2.37. The smallest absolute Gasteiger partial charge is 0.231 e. The molecule has 0 aromatic heterocycles. The zero-order valence-electron chi connectivity index (χ0n) is 13.2. The average Bonchev–Trinajstić information content (AvgIpc) is 3.05. The highest BCUT2D eigenvalue weighted by Gasteiger charge is 2.15. The van der Waals surface area contributed by atoms with Crippen LogP contribution in [0.2, 0.25) is 0 Å². The molecule has 2 aromatic carbocycles. The molecular weight excluding hydrogens is 376 g/mol. The van der Waals surface area contributed by atoms with Gasteiger partial charge >= 0.3 is 0 Å². The number of methoxy groups -OCH3 is 2. The van der Waals surface area contributed by atoms with Gasteiger partial charge in [0, 0.05) is 10.0 Å². The standard InChI is InChI=1S/C18H15BrO5/c1-21-15-6-4-12(8-16(15)22-2)14(20)5-3-11-7-17-18(9-13(11)19)24-10-23-17/h3-9H,10H2,1-2H3. The SMILES string of the molecule is COc1ccc(C(=O)C=Cc2cc3c(cc2Br)OCO3)cc1OC. The predicted molar refractivity (Wildman–Crippen MR) is 93.2 cm³/mol. The number of hydrogen-bond acceptors (Lipinski definition) is 5. The quantitative estimate of drug-likeness (QED) is 0.568. The summed E-state index contributed by atoms with van der Waals surface area (Å²) in [6.07, 6.45) is 3.23. The van der Waals surface area contributed by atoms with Crippen molar-refractivity contribution in [3.63, 3.8) is 0 Å². The Bertz CT molecular complexity index is 813. The molecule has 1 heterocycles. The molecule has 0 bridgehead atoms. The van der Waals surface area contributed by atoms with Gasteiger partial charge < -0.3 is 18.9 Å². The lowest BCUT2D eigenvalue weighted by Crippen LogP contribution is -1.97. The van der Waals surface area contributed by atoms with Gasteiger partial charge in [0.25, 0.3) is 0 Å². The van der Waals surface area contributed by atoms with Crippen molar-refractivity contribution in [2.75, 3.05) is 21.0 Å². The van der Waals surface area contributed by atoms with Crippen molar-refractivity contribution in [1.29, 1.82) is 0 Å². The highest BCUT2D eigenvalue weighted by atomic mass is 79.9. The van der Waals surface area contributed by atoms with Gasteiger partial charge in [-0.05, 0) is 48.0 Å². The van der Waals surface area contributed by atoms with Crippen molar-refractivity contribution < 1.29 is 23.7 Å². The van der Waals surface area contributed by atoms with Crippen LogP contribution < -0.4 is 18.9 Å². The molecule has 0 unspecified atom stereocenters. The Morgan fingerprint density at radius 3 is 2.50 bits per heavy atom. The number of carbonyl (C=O) groups is 1. The monoisotopic (exact) mass is 390 g/mol. The van der Waals surface area contributed by atoms with Gasteiger partial charge in [-0.2, -0.15) is 0 Å². The molecule has 3 rings (SSSR count). The van der Waals surface area contributed by atoms with Gasteiger partial charge in [-0.3, -0.25) is 4.79 Å². The van der Waals surface area contributed by atoms with E-state index in [1.807, 2.05) is 12.1 Å². The molecular formula is C18H15BrO5. The number of allylic oxidation sites excluding steroid dienone is 1. The topological polar surface area (TPSA) is 54.0 Å². The Hall–Kier alpha value is -2.47. The summed E-state index contributed by atoms with van der Waals surface area (Å²) in [7, 11) is 3.09. The molecule has 0 N–H and O–H groups in total. The number of fused-ring (bicyclic) bond motifs is 1. The second-order valence-electron chi connectivity index (χ2n) is 4.99. The van der Waals surface area contributed by atoms with Crippen molar-refractivity contribution in [1.82, 2.24) is 0 Å². The minimum atomic E-state index is -0.138. The van der Waals surface area contributed by atoms with Gasteiger partial charge in [0.1, 0.15) is 0 Å². The van der Waals surface area contributed by atoms with Gasteiger partial charge in [0.2, 0.25) is 6.79 Å². The van der Waals surface area contributed by atoms with E-state index in [1.165, 1.54) is 13.2 Å². The normalized spacial score (nSPS) is 12.5. The first kappa shape index (κ1) is 16.4. The molecule has 0 saturated carbocycles. The zero-order valence-corrected chi connectivity index (χ0v) is 14.8. The summed E-state index contributed by atoms with van der Waals surface area (Å²) in [6, 6.07) is 8.70. The van der Waals surface area contributed by atoms with Crippen LogP contribution in [0.25, 0.3) is 6.08 Å². The molecule has 0 amide bonds. The Morgan fingerprint density at radius 1 is 1.08 bits per heavy atom. The first-order chi connectivity index (χ1) is 11.6. The van der Waals surface area contributed by atoms with E-state index in [0.717, 1.165) is 10.0 Å². The van der Waals surface area contributed by atoms with E-state index >= 15 is 0 Å². The van der Waals surface area contributed by atoms with Gasteiger partial charge in [-0.1, -0.05) is 15.9 Å². The second-order valence-corrected chi connectivity index (χ2v) is 5.85. The number of benzene rings is 2. The number of carbonyl (C=O) groups excluding carboxylic acids is 1. The maximum Gasteiger partial charge on any atom is 0.231 e. The molecule has 0 radical (unpaired) electrons. The molecule has 0 atom stereocenters. The summed E-state index contributed by atoms with van der Waals surface area (Å²) < 4.78 is 21.9. The van der Waals surface area contributed by atoms with E-state index < -0.39 is 0 Å². The fraction of sp³-hybridized carbons (Fsp3) is 0.167. The Morgan fingerprint density at radius 2 is 1.79 bits per heavy atom. The van der Waals surface area contributed by atoms with E-state index in [2.05, 4.69) is 15.9 Å². The molecule has 5 nitrogen and oxygen atoms in total. The van der Waals surface area contributed by atoms with E-state index in [1.54, 1.807) is 31.4 Å². The fourth-order valence-electron chi connectivity index (χ4n) is 2.31. The third-order valence-electron chi connectivity index (χ3n) is 3.57. The maximum absolute atomic E-state index is 12.4. The zero-order chi connectivity index (χ0) is 17.1. The summed E-state index contributed by atoms with van der Waals surface area (Å²) in [5.74, 6) is 2.31. The minimum Gasteiger partial charge on any atom is -0.493 e. The summed E-state index contributed by atoms with van der Waals surface area (Å²) in [5, 5.41) is 0. The molecule has 6 heteroatoms. The van der Waals surface area contributed by atoms with E-state index in [4.69, 9.17) is 18.9 Å². The number of halogens is 1. The van der Waals surface area contributed by atoms with E-state index in [0.29, 0.717) is 28.6 Å². The summed E-state index contributed by atoms with van der Waals surface area (Å²) in [4.78, 5) is 12.4. The first-order valence-corrected chi connectivity index (χ1v) is 7.95. The van der Waals surface area contributed by atoms with Crippen LogP contribution in [0.3, 0.4) is 0 Å². The number of hydrogen-bond donors (Lipinski definition) is 0. The summed E-state index contributed by atoms with van der Waals surface area (Å²) in [6.45, 7) is 0.208. The fourth-order valence-corrected chi connectivity index (χ4v) is 2.77. The lowest BCUT2D eigenvalue weighted by atomic mass is 10.1. The van der Waals surface area contributed by atoms with Gasteiger partial charge in [0.05, 0.1) is 14.2 Å². The Kier molecular flexibility index (Phi) is 4.76. The Balaban J connectivity index is 1.83. The van der Waals surface area contributed by atoms with Crippen LogP contribution in [0.5, 0.6) is 23.0 Å². The third kappa shape index (κ3) is 3.23. The lowest BCUT2D eigenvalue weighted by Gasteiger charge is -2.08. The van der Waals surface area contributed by atoms with E-state index in [9.17, 15) is 4.79 Å². The molecule has 2 aromatic rings. The van der Waals surface area contributed by atoms with Crippen LogP contribution >= 0.6 is 15.9 Å². The molecule has 0 saturated heterocycles. The molecule has 0 aliphatic carbocycles. The van der Waals surface area contributed by atoms with Crippen LogP contribution in [0.4, 0.5) is 0 Å². The van der Waals surface area contributed by atoms with Gasteiger partial charge in [-0.15, -0.1) is 0 Å². The molecule has 0 fully saturated rings. The molecule has 24 heavy (non-hydrogen) atoms. The molecule has 1 aliphatic heterocycles.